The van der Waals surface area contributed by atoms with Gasteiger partial charge < -0.3 is 19.3 Å². The van der Waals surface area contributed by atoms with Crippen LogP contribution in [-0.2, 0) is 41.7 Å². The number of aromatic hydroxyl groups is 1. The van der Waals surface area contributed by atoms with E-state index in [1.165, 1.54) is 5.56 Å². The van der Waals surface area contributed by atoms with Gasteiger partial charge in [-0.1, -0.05) is 60.8 Å². The number of nitrogens with one attached hydrogen (secondary N) is 2. The van der Waals surface area contributed by atoms with Crippen molar-refractivity contribution in [2.24, 2.45) is 0 Å². The minimum atomic E-state index is -0.467. The standard InChI is InChI=1S/C24H27NO5S.C19H20N2O3S/c1-13-14(2)21-18(15(3)20(13)26)9-10-24(4,30-21)12-29-17-7-5-16(6-8-17)11-19-22(27)25-23(28)31-19;1-2-13-3-6-15(20-12-13)9-10-24-16-7-4-14(5-8-16)11-17-18(22)21-19(23)25-17/h5-8,19,26H,9-12H2,1-4H3,(H,25,27,28);3-8,12,17H,2,9-11H2,1H3,(H,21,22,23). The number of imide groups is 2. The number of fused-ring (bicyclic) bond motifs is 1. The lowest BCUT2D eigenvalue weighted by Gasteiger charge is -2.37. The van der Waals surface area contributed by atoms with Gasteiger partial charge in [-0.15, -0.1) is 0 Å². The number of aromatic nitrogens is 1. The number of ether oxygens (including phenoxy) is 3. The van der Waals surface area contributed by atoms with Gasteiger partial charge >= 0.3 is 0 Å². The first kappa shape index (κ1) is 40.6. The topological polar surface area (TPSA) is 153 Å². The number of nitrogens with zero attached hydrogens (tertiary/aromatic N) is 1. The van der Waals surface area contributed by atoms with Crippen LogP contribution in [0.25, 0.3) is 0 Å². The lowest BCUT2D eigenvalue weighted by molar-refractivity contribution is -0.119. The molecule has 3 aliphatic heterocycles. The van der Waals surface area contributed by atoms with E-state index in [0.29, 0.717) is 31.8 Å². The quantitative estimate of drug-likeness (QED) is 0.130. The molecule has 7 rings (SSSR count). The fourth-order valence-corrected chi connectivity index (χ4v) is 8.36. The highest BCUT2D eigenvalue weighted by atomic mass is 32.2. The number of carbonyl (C=O) groups excluding carboxylic acids is 4. The van der Waals surface area contributed by atoms with Gasteiger partial charge in [0.25, 0.3) is 10.5 Å². The summed E-state index contributed by atoms with van der Waals surface area (Å²) in [4.78, 5) is 50.2. The molecule has 11 nitrogen and oxygen atoms in total. The maximum atomic E-state index is 11.7. The zero-order valence-electron chi connectivity index (χ0n) is 32.2. The van der Waals surface area contributed by atoms with Crippen molar-refractivity contribution in [3.05, 3.63) is 111 Å². The zero-order valence-corrected chi connectivity index (χ0v) is 33.9. The van der Waals surface area contributed by atoms with E-state index in [1.807, 2.05) is 88.5 Å². The molecule has 56 heavy (non-hydrogen) atoms. The summed E-state index contributed by atoms with van der Waals surface area (Å²) in [5.41, 5.74) is 7.57. The van der Waals surface area contributed by atoms with Gasteiger partial charge in [0.15, 0.2) is 0 Å². The lowest BCUT2D eigenvalue weighted by Crippen LogP contribution is -2.42. The second-order valence-corrected chi connectivity index (χ2v) is 16.8. The molecule has 3 aliphatic rings. The fourth-order valence-electron chi connectivity index (χ4n) is 6.64. The van der Waals surface area contributed by atoms with Crippen LogP contribution in [-0.4, -0.2) is 61.7 Å². The zero-order chi connectivity index (χ0) is 40.0. The van der Waals surface area contributed by atoms with E-state index in [0.717, 1.165) is 106 Å². The van der Waals surface area contributed by atoms with Crippen molar-refractivity contribution < 1.29 is 38.5 Å². The van der Waals surface area contributed by atoms with Gasteiger partial charge in [0, 0.05) is 23.9 Å². The Bertz CT molecular complexity index is 2090. The normalized spacial score (nSPS) is 20.0. The molecule has 0 aliphatic carbocycles. The molecular weight excluding hydrogens is 751 g/mol. The van der Waals surface area contributed by atoms with Crippen molar-refractivity contribution in [1.82, 2.24) is 15.6 Å². The monoisotopic (exact) mass is 797 g/mol. The van der Waals surface area contributed by atoms with Crippen LogP contribution in [0.1, 0.15) is 64.9 Å². The Balaban J connectivity index is 0.000000194. The van der Waals surface area contributed by atoms with Crippen LogP contribution >= 0.6 is 23.5 Å². The number of benzene rings is 3. The molecule has 0 bridgehead atoms. The Morgan fingerprint density at radius 2 is 1.34 bits per heavy atom. The lowest BCUT2D eigenvalue weighted by atomic mass is 9.87. The number of rotatable bonds is 12. The number of hydrogen-bond acceptors (Lipinski definition) is 11. The number of phenolic OH excluding ortho intramolecular Hbond substituents is 1. The van der Waals surface area contributed by atoms with E-state index in [-0.39, 0.29) is 32.8 Å². The Kier molecular flexibility index (Phi) is 13.0. The van der Waals surface area contributed by atoms with Gasteiger partial charge in [-0.3, -0.25) is 34.8 Å². The summed E-state index contributed by atoms with van der Waals surface area (Å²) < 4.78 is 18.2. The highest BCUT2D eigenvalue weighted by molar-refractivity contribution is 8.15. The summed E-state index contributed by atoms with van der Waals surface area (Å²) >= 11 is 2.09. The molecule has 2 fully saturated rings. The molecule has 3 N–H and O–H groups in total. The third-order valence-electron chi connectivity index (χ3n) is 10.3. The molecule has 1 aromatic heterocycles. The average Bonchev–Trinajstić information content (AvgIpc) is 3.69. The van der Waals surface area contributed by atoms with E-state index < -0.39 is 5.60 Å². The van der Waals surface area contributed by atoms with Crippen molar-refractivity contribution in [2.45, 2.75) is 89.2 Å². The van der Waals surface area contributed by atoms with Crippen molar-refractivity contribution in [1.29, 1.82) is 0 Å². The number of aryl methyl sites for hydroxylation is 1. The molecule has 4 amide bonds. The summed E-state index contributed by atoms with van der Waals surface area (Å²) in [6.07, 6.45) is 6.32. The van der Waals surface area contributed by atoms with Crippen molar-refractivity contribution in [2.75, 3.05) is 13.2 Å². The van der Waals surface area contributed by atoms with Crippen LogP contribution in [0.4, 0.5) is 9.59 Å². The molecule has 4 heterocycles. The molecule has 13 heteroatoms. The van der Waals surface area contributed by atoms with Gasteiger partial charge in [0.05, 0.1) is 17.1 Å². The maximum Gasteiger partial charge on any atom is 0.286 e. The molecular formula is C43H47N3O8S2. The van der Waals surface area contributed by atoms with E-state index in [4.69, 9.17) is 14.2 Å². The van der Waals surface area contributed by atoms with Gasteiger partial charge in [0.2, 0.25) is 11.8 Å². The van der Waals surface area contributed by atoms with Crippen LogP contribution in [0.5, 0.6) is 23.0 Å². The highest BCUT2D eigenvalue weighted by Gasteiger charge is 2.36. The van der Waals surface area contributed by atoms with Crippen LogP contribution in [0, 0.1) is 20.8 Å². The minimum Gasteiger partial charge on any atom is -0.507 e. The molecule has 3 unspecified atom stereocenters. The molecule has 3 atom stereocenters. The number of thioether (sulfide) groups is 2. The number of pyridine rings is 1. The summed E-state index contributed by atoms with van der Waals surface area (Å²) in [6, 6.07) is 19.4. The van der Waals surface area contributed by atoms with E-state index >= 15 is 0 Å². The number of phenols is 1. The third-order valence-corrected chi connectivity index (χ3v) is 12.2. The molecule has 0 radical (unpaired) electrons. The van der Waals surface area contributed by atoms with Gasteiger partial charge in [-0.25, -0.2) is 0 Å². The predicted molar refractivity (Wildman–Crippen MR) is 218 cm³/mol. The van der Waals surface area contributed by atoms with Crippen LogP contribution in [0.15, 0.2) is 66.9 Å². The van der Waals surface area contributed by atoms with E-state index in [9.17, 15) is 24.3 Å². The fraction of sp³-hybridized carbons (Fsp3) is 0.372. The first-order chi connectivity index (χ1) is 26.8. The Morgan fingerprint density at radius 1 is 0.786 bits per heavy atom. The number of hydrogen-bond donors (Lipinski definition) is 3. The maximum absolute atomic E-state index is 11.7. The molecule has 0 spiro atoms. The Hall–Kier alpha value is -5.01. The predicted octanol–water partition coefficient (Wildman–Crippen LogP) is 7.53. The Morgan fingerprint density at radius 3 is 1.84 bits per heavy atom. The molecule has 4 aromatic rings. The second kappa shape index (κ2) is 17.8. The van der Waals surface area contributed by atoms with Crippen molar-refractivity contribution in [3.8, 4) is 23.0 Å². The van der Waals surface area contributed by atoms with Crippen molar-refractivity contribution in [3.63, 3.8) is 0 Å². The van der Waals surface area contributed by atoms with Crippen LogP contribution in [0.2, 0.25) is 0 Å². The van der Waals surface area contributed by atoms with Crippen LogP contribution < -0.4 is 24.8 Å². The first-order valence-electron chi connectivity index (χ1n) is 18.7. The molecule has 3 aromatic carbocycles. The second-order valence-electron chi connectivity index (χ2n) is 14.4. The SMILES string of the molecule is CCc1ccc(CCOc2ccc(CC3SC(=O)NC3=O)cc2)nc1.Cc1c(C)c2c(c(C)c1O)CCC(C)(COc1ccc(CC3SC(=O)NC3=O)cc1)O2. The third kappa shape index (κ3) is 10.0. The van der Waals surface area contributed by atoms with Gasteiger partial charge in [-0.05, 0) is 124 Å². The Labute approximate surface area is 335 Å². The summed E-state index contributed by atoms with van der Waals surface area (Å²) in [7, 11) is 0. The largest absolute Gasteiger partial charge is 0.507 e. The highest BCUT2D eigenvalue weighted by Crippen LogP contribution is 2.43. The minimum absolute atomic E-state index is 0.211. The van der Waals surface area contributed by atoms with Gasteiger partial charge in [0.1, 0.15) is 35.2 Å². The van der Waals surface area contributed by atoms with E-state index in [2.05, 4.69) is 28.6 Å². The van der Waals surface area contributed by atoms with Crippen LogP contribution in [0.3, 0.4) is 0 Å². The smallest absolute Gasteiger partial charge is 0.286 e. The summed E-state index contributed by atoms with van der Waals surface area (Å²) in [5, 5.41) is 13.7. The number of carbonyl (C=O) groups is 4. The van der Waals surface area contributed by atoms with Crippen molar-refractivity contribution >= 4 is 45.8 Å². The van der Waals surface area contributed by atoms with E-state index in [1.54, 1.807) is 0 Å². The average molecular weight is 798 g/mol. The van der Waals surface area contributed by atoms with Gasteiger partial charge in [-0.2, -0.15) is 0 Å². The molecule has 0 saturated carbocycles. The summed E-state index contributed by atoms with van der Waals surface area (Å²) in [6.45, 7) is 11.0. The molecule has 2 saturated heterocycles. The first-order valence-corrected chi connectivity index (χ1v) is 20.5. The molecule has 294 valence electrons. The summed E-state index contributed by atoms with van der Waals surface area (Å²) in [5.74, 6) is 2.30. The number of amides is 4.